The minimum atomic E-state index is -0.289. The number of para-hydroxylation sites is 1. The molecular formula is C14H13ClN4O. The molecule has 20 heavy (non-hydrogen) atoms. The molecule has 1 aromatic carbocycles. The van der Waals surface area contributed by atoms with Gasteiger partial charge in [-0.3, -0.25) is 9.78 Å². The molecule has 2 aromatic rings. The van der Waals surface area contributed by atoms with Gasteiger partial charge in [0.1, 0.15) is 17.0 Å². The van der Waals surface area contributed by atoms with Gasteiger partial charge in [-0.15, -0.1) is 0 Å². The molecule has 0 bridgehead atoms. The first-order chi connectivity index (χ1) is 9.74. The third-order valence-electron chi connectivity index (χ3n) is 3.20. The Morgan fingerprint density at radius 1 is 1.25 bits per heavy atom. The number of halogens is 1. The maximum Gasteiger partial charge on any atom is 0.249 e. The van der Waals surface area contributed by atoms with Crippen molar-refractivity contribution in [1.29, 1.82) is 0 Å². The largest absolute Gasteiger partial charge is 0.357 e. The van der Waals surface area contributed by atoms with Crippen molar-refractivity contribution < 1.29 is 4.79 Å². The predicted octanol–water partition coefficient (Wildman–Crippen LogP) is 2.35. The van der Waals surface area contributed by atoms with Crippen LogP contribution in [0.25, 0.3) is 0 Å². The van der Waals surface area contributed by atoms with Crippen LogP contribution in [0.1, 0.15) is 6.42 Å². The van der Waals surface area contributed by atoms with Gasteiger partial charge in [-0.1, -0.05) is 29.8 Å². The average molecular weight is 289 g/mol. The third kappa shape index (κ3) is 2.58. The number of rotatable bonds is 3. The molecule has 1 aromatic heterocycles. The van der Waals surface area contributed by atoms with E-state index in [-0.39, 0.29) is 11.9 Å². The Balaban J connectivity index is 1.73. The van der Waals surface area contributed by atoms with Crippen LogP contribution in [0.2, 0.25) is 5.15 Å². The molecule has 1 fully saturated rings. The third-order valence-corrected chi connectivity index (χ3v) is 3.38. The number of hydrogen-bond acceptors (Lipinski definition) is 4. The van der Waals surface area contributed by atoms with Crippen LogP contribution in [0, 0.1) is 0 Å². The number of nitrogens with zero attached hydrogens (tertiary/aromatic N) is 3. The first-order valence-corrected chi connectivity index (χ1v) is 6.72. The molecule has 1 aliphatic heterocycles. The summed E-state index contributed by atoms with van der Waals surface area (Å²) in [6.45, 7) is 0.689. The van der Waals surface area contributed by atoms with Gasteiger partial charge in [-0.2, -0.15) is 0 Å². The number of hydrogen-bond donors (Lipinski definition) is 1. The highest BCUT2D eigenvalue weighted by molar-refractivity contribution is 6.29. The molecule has 1 unspecified atom stereocenters. The molecule has 0 saturated carbocycles. The van der Waals surface area contributed by atoms with Crippen molar-refractivity contribution in [1.82, 2.24) is 9.97 Å². The van der Waals surface area contributed by atoms with E-state index in [0.717, 1.165) is 12.1 Å². The lowest BCUT2D eigenvalue weighted by Gasteiger charge is -2.17. The van der Waals surface area contributed by atoms with Crippen molar-refractivity contribution in [3.05, 3.63) is 47.9 Å². The standard InChI is InChI=1S/C14H13ClN4O/c15-12-8-16-9-13(18-12)17-11-6-7-19(14(11)20)10-4-2-1-3-5-10/h1-5,8-9,11H,6-7H2,(H,17,18). The number of benzene rings is 1. The van der Waals surface area contributed by atoms with E-state index < -0.39 is 0 Å². The molecule has 102 valence electrons. The van der Waals surface area contributed by atoms with E-state index in [1.165, 1.54) is 6.20 Å². The Kier molecular flexibility index (Phi) is 3.52. The quantitative estimate of drug-likeness (QED) is 0.942. The van der Waals surface area contributed by atoms with Gasteiger partial charge in [-0.05, 0) is 18.6 Å². The summed E-state index contributed by atoms with van der Waals surface area (Å²) < 4.78 is 0. The first-order valence-electron chi connectivity index (χ1n) is 6.34. The molecule has 1 aliphatic rings. The topological polar surface area (TPSA) is 58.1 Å². The molecule has 0 radical (unpaired) electrons. The SMILES string of the molecule is O=C1C(Nc2cncc(Cl)n2)CCN1c1ccccc1. The van der Waals surface area contributed by atoms with E-state index in [9.17, 15) is 4.79 Å². The lowest BCUT2D eigenvalue weighted by molar-refractivity contribution is -0.117. The minimum Gasteiger partial charge on any atom is -0.357 e. The number of amides is 1. The van der Waals surface area contributed by atoms with E-state index >= 15 is 0 Å². The minimum absolute atomic E-state index is 0.0398. The first kappa shape index (κ1) is 12.9. The fourth-order valence-electron chi connectivity index (χ4n) is 2.27. The van der Waals surface area contributed by atoms with Crippen LogP contribution in [-0.4, -0.2) is 28.5 Å². The molecule has 1 amide bonds. The lowest BCUT2D eigenvalue weighted by Crippen LogP contribution is -2.33. The van der Waals surface area contributed by atoms with Crippen molar-refractivity contribution in [2.24, 2.45) is 0 Å². The summed E-state index contributed by atoms with van der Waals surface area (Å²) in [5.74, 6) is 0.559. The van der Waals surface area contributed by atoms with E-state index in [1.807, 2.05) is 30.3 Å². The van der Waals surface area contributed by atoms with Crippen molar-refractivity contribution in [3.63, 3.8) is 0 Å². The number of anilines is 2. The van der Waals surface area contributed by atoms with Crippen LogP contribution in [0.4, 0.5) is 11.5 Å². The van der Waals surface area contributed by atoms with Crippen molar-refractivity contribution in [3.8, 4) is 0 Å². The van der Waals surface area contributed by atoms with Gasteiger partial charge >= 0.3 is 0 Å². The number of nitrogens with one attached hydrogen (secondary N) is 1. The summed E-state index contributed by atoms with van der Waals surface area (Å²) in [6, 6.07) is 9.35. The van der Waals surface area contributed by atoms with Gasteiger partial charge in [0.25, 0.3) is 0 Å². The fraction of sp³-hybridized carbons (Fsp3) is 0.214. The summed E-state index contributed by atoms with van der Waals surface area (Å²) in [5, 5.41) is 3.39. The second kappa shape index (κ2) is 5.46. The summed E-state index contributed by atoms with van der Waals surface area (Å²) in [7, 11) is 0. The second-order valence-corrected chi connectivity index (χ2v) is 4.93. The Morgan fingerprint density at radius 2 is 2.05 bits per heavy atom. The normalized spacial score (nSPS) is 18.4. The van der Waals surface area contributed by atoms with E-state index in [1.54, 1.807) is 11.1 Å². The highest BCUT2D eigenvalue weighted by atomic mass is 35.5. The highest BCUT2D eigenvalue weighted by Gasteiger charge is 2.32. The van der Waals surface area contributed by atoms with Gasteiger partial charge in [-0.25, -0.2) is 4.98 Å². The zero-order valence-electron chi connectivity index (χ0n) is 10.7. The van der Waals surface area contributed by atoms with Crippen LogP contribution in [0.3, 0.4) is 0 Å². The Labute approximate surface area is 121 Å². The van der Waals surface area contributed by atoms with Gasteiger partial charge in [0.2, 0.25) is 5.91 Å². The smallest absolute Gasteiger partial charge is 0.249 e. The molecule has 3 rings (SSSR count). The lowest BCUT2D eigenvalue weighted by atomic mass is 10.2. The summed E-state index contributed by atoms with van der Waals surface area (Å²) in [5.41, 5.74) is 0.916. The van der Waals surface area contributed by atoms with Crippen LogP contribution in [0.5, 0.6) is 0 Å². The monoisotopic (exact) mass is 288 g/mol. The van der Waals surface area contributed by atoms with E-state index in [4.69, 9.17) is 11.6 Å². The Bertz CT molecular complexity index is 620. The van der Waals surface area contributed by atoms with Crippen molar-refractivity contribution in [2.75, 3.05) is 16.8 Å². The molecular weight excluding hydrogens is 276 g/mol. The molecule has 6 heteroatoms. The zero-order valence-corrected chi connectivity index (χ0v) is 11.4. The van der Waals surface area contributed by atoms with Crippen LogP contribution < -0.4 is 10.2 Å². The van der Waals surface area contributed by atoms with Crippen LogP contribution in [0.15, 0.2) is 42.7 Å². The Morgan fingerprint density at radius 3 is 2.80 bits per heavy atom. The fourth-order valence-corrected chi connectivity index (χ4v) is 2.42. The van der Waals surface area contributed by atoms with Gasteiger partial charge < -0.3 is 10.2 Å². The predicted molar refractivity (Wildman–Crippen MR) is 77.9 cm³/mol. The number of carbonyl (C=O) groups excluding carboxylic acids is 1. The molecule has 0 aliphatic carbocycles. The number of aromatic nitrogens is 2. The molecule has 2 heterocycles. The van der Waals surface area contributed by atoms with E-state index in [2.05, 4.69) is 15.3 Å². The highest BCUT2D eigenvalue weighted by Crippen LogP contribution is 2.23. The van der Waals surface area contributed by atoms with Crippen LogP contribution >= 0.6 is 11.6 Å². The zero-order chi connectivity index (χ0) is 13.9. The van der Waals surface area contributed by atoms with Gasteiger partial charge in [0.15, 0.2) is 0 Å². The maximum absolute atomic E-state index is 12.4. The summed E-state index contributed by atoms with van der Waals surface area (Å²) in [4.78, 5) is 22.2. The van der Waals surface area contributed by atoms with Crippen LogP contribution in [-0.2, 0) is 4.79 Å². The summed E-state index contributed by atoms with van der Waals surface area (Å²) in [6.07, 6.45) is 3.74. The van der Waals surface area contributed by atoms with E-state index in [0.29, 0.717) is 17.5 Å². The van der Waals surface area contributed by atoms with Crippen molar-refractivity contribution in [2.45, 2.75) is 12.5 Å². The van der Waals surface area contributed by atoms with Gasteiger partial charge in [0, 0.05) is 12.2 Å². The molecule has 5 nitrogen and oxygen atoms in total. The Hall–Kier alpha value is -2.14. The van der Waals surface area contributed by atoms with Crippen molar-refractivity contribution >= 4 is 29.0 Å². The molecule has 0 spiro atoms. The number of carbonyl (C=O) groups is 1. The summed E-state index contributed by atoms with van der Waals surface area (Å²) >= 11 is 5.78. The molecule has 1 atom stereocenters. The maximum atomic E-state index is 12.4. The molecule has 1 N–H and O–H groups in total. The van der Waals surface area contributed by atoms with Gasteiger partial charge in [0.05, 0.1) is 12.4 Å². The average Bonchev–Trinajstić information content (AvgIpc) is 2.81. The molecule has 1 saturated heterocycles. The second-order valence-electron chi connectivity index (χ2n) is 4.54.